The van der Waals surface area contributed by atoms with Crippen molar-refractivity contribution in [3.63, 3.8) is 0 Å². The predicted molar refractivity (Wildman–Crippen MR) is 45.3 cm³/mol. The number of pyridine rings is 1. The van der Waals surface area contributed by atoms with Crippen LogP contribution >= 0.6 is 0 Å². The van der Waals surface area contributed by atoms with E-state index in [9.17, 15) is 8.78 Å². The third-order valence-electron chi connectivity index (χ3n) is 1.41. The molecular weight excluding hydrogens is 178 g/mol. The van der Waals surface area contributed by atoms with Crippen molar-refractivity contribution in [1.29, 1.82) is 0 Å². The maximum atomic E-state index is 11.8. The van der Waals surface area contributed by atoms with E-state index in [0.29, 0.717) is 11.6 Å². The lowest BCUT2D eigenvalue weighted by Crippen LogP contribution is -2.10. The Morgan fingerprint density at radius 3 is 2.77 bits per heavy atom. The molecule has 0 fully saturated rings. The van der Waals surface area contributed by atoms with Crippen LogP contribution in [0.3, 0.4) is 0 Å². The van der Waals surface area contributed by atoms with E-state index in [1.54, 1.807) is 12.1 Å². The minimum atomic E-state index is -2.36. The van der Waals surface area contributed by atoms with E-state index in [1.165, 1.54) is 13.3 Å². The first-order chi connectivity index (χ1) is 6.22. The Balaban J connectivity index is 2.49. The van der Waals surface area contributed by atoms with Crippen LogP contribution in [0.4, 0.5) is 14.5 Å². The fourth-order valence-electron chi connectivity index (χ4n) is 0.801. The number of methoxy groups -OCH3 is 1. The summed E-state index contributed by atoms with van der Waals surface area (Å²) >= 11 is 0. The van der Waals surface area contributed by atoms with Crippen molar-refractivity contribution in [2.24, 2.45) is 0 Å². The molecule has 13 heavy (non-hydrogen) atoms. The Bertz CT molecular complexity index is 251. The summed E-state index contributed by atoms with van der Waals surface area (Å²) in [7, 11) is 1.49. The van der Waals surface area contributed by atoms with Crippen molar-refractivity contribution in [2.75, 3.05) is 19.0 Å². The van der Waals surface area contributed by atoms with Gasteiger partial charge in [-0.25, -0.2) is 13.8 Å². The molecule has 0 unspecified atom stereocenters. The molecule has 1 aromatic heterocycles. The number of aromatic nitrogens is 1. The molecule has 0 spiro atoms. The first kappa shape index (κ1) is 9.70. The zero-order valence-corrected chi connectivity index (χ0v) is 7.13. The van der Waals surface area contributed by atoms with E-state index in [4.69, 9.17) is 4.74 Å². The largest absolute Gasteiger partial charge is 0.481 e. The number of alkyl halides is 2. The number of nitrogens with zero attached hydrogens (tertiary/aromatic N) is 1. The molecule has 5 heteroatoms. The van der Waals surface area contributed by atoms with Crippen LogP contribution in [0.15, 0.2) is 18.3 Å². The molecule has 0 aliphatic carbocycles. The number of nitrogens with one attached hydrogen (secondary N) is 1. The van der Waals surface area contributed by atoms with Gasteiger partial charge in [-0.2, -0.15) is 0 Å². The molecule has 0 saturated carbocycles. The number of ether oxygens (including phenoxy) is 1. The minimum absolute atomic E-state index is 0.367. The first-order valence-electron chi connectivity index (χ1n) is 3.74. The van der Waals surface area contributed by atoms with Gasteiger partial charge >= 0.3 is 0 Å². The molecule has 1 rings (SSSR count). The highest BCUT2D eigenvalue weighted by Crippen LogP contribution is 2.10. The lowest BCUT2D eigenvalue weighted by Gasteiger charge is -2.05. The van der Waals surface area contributed by atoms with Gasteiger partial charge in [0.2, 0.25) is 5.88 Å². The smallest absolute Gasteiger partial charge is 0.255 e. The van der Waals surface area contributed by atoms with Crippen molar-refractivity contribution in [2.45, 2.75) is 6.43 Å². The van der Waals surface area contributed by atoms with Gasteiger partial charge in [-0.3, -0.25) is 0 Å². The van der Waals surface area contributed by atoms with Gasteiger partial charge in [-0.15, -0.1) is 0 Å². The second-order valence-electron chi connectivity index (χ2n) is 2.36. The summed E-state index contributed by atoms with van der Waals surface area (Å²) in [5, 5.41) is 2.53. The van der Waals surface area contributed by atoms with Crippen LogP contribution in [-0.2, 0) is 0 Å². The van der Waals surface area contributed by atoms with Gasteiger partial charge in [0, 0.05) is 6.07 Å². The number of rotatable bonds is 4. The van der Waals surface area contributed by atoms with Gasteiger partial charge in [0.15, 0.2) is 0 Å². The third-order valence-corrected chi connectivity index (χ3v) is 1.41. The van der Waals surface area contributed by atoms with Crippen LogP contribution in [0.2, 0.25) is 0 Å². The second-order valence-corrected chi connectivity index (χ2v) is 2.36. The first-order valence-corrected chi connectivity index (χ1v) is 3.74. The molecule has 0 radical (unpaired) electrons. The van der Waals surface area contributed by atoms with Gasteiger partial charge in [0.05, 0.1) is 25.5 Å². The Morgan fingerprint density at radius 1 is 1.54 bits per heavy atom. The fraction of sp³-hybridized carbons (Fsp3) is 0.375. The predicted octanol–water partition coefficient (Wildman–Crippen LogP) is 1.77. The number of anilines is 1. The number of hydrogen-bond donors (Lipinski definition) is 1. The fourth-order valence-corrected chi connectivity index (χ4v) is 0.801. The molecule has 0 aliphatic heterocycles. The maximum absolute atomic E-state index is 11.8. The lowest BCUT2D eigenvalue weighted by atomic mass is 10.4. The van der Waals surface area contributed by atoms with Gasteiger partial charge < -0.3 is 10.1 Å². The van der Waals surface area contributed by atoms with Crippen molar-refractivity contribution in [1.82, 2.24) is 4.98 Å². The molecule has 0 atom stereocenters. The third kappa shape index (κ3) is 3.23. The molecule has 3 nitrogen and oxygen atoms in total. The van der Waals surface area contributed by atoms with Crippen molar-refractivity contribution in [3.05, 3.63) is 18.3 Å². The molecule has 0 aliphatic rings. The Labute approximate surface area is 74.7 Å². The van der Waals surface area contributed by atoms with E-state index < -0.39 is 6.43 Å². The minimum Gasteiger partial charge on any atom is -0.481 e. The van der Waals surface area contributed by atoms with Gasteiger partial charge in [0.25, 0.3) is 6.43 Å². The Kier molecular flexibility index (Phi) is 3.42. The summed E-state index contributed by atoms with van der Waals surface area (Å²) in [5.41, 5.74) is 0.557. The van der Waals surface area contributed by atoms with E-state index in [2.05, 4.69) is 10.3 Å². The zero-order valence-electron chi connectivity index (χ0n) is 7.13. The van der Waals surface area contributed by atoms with Gasteiger partial charge in [-0.1, -0.05) is 0 Å². The van der Waals surface area contributed by atoms with E-state index >= 15 is 0 Å². The number of hydrogen-bond acceptors (Lipinski definition) is 3. The van der Waals surface area contributed by atoms with Crippen LogP contribution in [0.5, 0.6) is 5.88 Å². The molecule has 1 N–H and O–H groups in total. The van der Waals surface area contributed by atoms with E-state index in [1.807, 2.05) is 0 Å². The summed E-state index contributed by atoms with van der Waals surface area (Å²) in [5.74, 6) is 0.461. The van der Waals surface area contributed by atoms with Crippen molar-refractivity contribution >= 4 is 5.69 Å². The quantitative estimate of drug-likeness (QED) is 0.781. The summed E-state index contributed by atoms with van der Waals surface area (Å²) < 4.78 is 28.3. The summed E-state index contributed by atoms with van der Waals surface area (Å²) in [4.78, 5) is 3.85. The molecule has 0 aromatic carbocycles. The average Bonchev–Trinajstić information content (AvgIpc) is 2.15. The highest BCUT2D eigenvalue weighted by molar-refractivity contribution is 5.41. The van der Waals surface area contributed by atoms with Crippen LogP contribution in [0.25, 0.3) is 0 Å². The molecule has 0 amide bonds. The Hall–Kier alpha value is -1.39. The Morgan fingerprint density at radius 2 is 2.31 bits per heavy atom. The molecule has 0 bridgehead atoms. The molecule has 0 saturated heterocycles. The summed E-state index contributed by atoms with van der Waals surface area (Å²) in [6.07, 6.45) is -0.914. The molecule has 1 aromatic rings. The standard InChI is InChI=1S/C8H10F2N2O/c1-13-8-3-2-6(4-12-8)11-5-7(9)10/h2-4,7,11H,5H2,1H3. The monoisotopic (exact) mass is 188 g/mol. The van der Waals surface area contributed by atoms with E-state index in [0.717, 1.165) is 0 Å². The molecule has 72 valence electrons. The SMILES string of the molecule is COc1ccc(NCC(F)F)cn1. The van der Waals surface area contributed by atoms with E-state index in [-0.39, 0.29) is 6.54 Å². The van der Waals surface area contributed by atoms with Gasteiger partial charge in [-0.05, 0) is 6.07 Å². The highest BCUT2D eigenvalue weighted by atomic mass is 19.3. The van der Waals surface area contributed by atoms with Crippen molar-refractivity contribution in [3.8, 4) is 5.88 Å². The van der Waals surface area contributed by atoms with Gasteiger partial charge in [0.1, 0.15) is 0 Å². The zero-order chi connectivity index (χ0) is 9.68. The van der Waals surface area contributed by atoms with Crippen LogP contribution in [-0.4, -0.2) is 25.1 Å². The molecular formula is C8H10F2N2O. The summed E-state index contributed by atoms with van der Waals surface area (Å²) in [6, 6.07) is 3.24. The highest BCUT2D eigenvalue weighted by Gasteiger charge is 2.01. The average molecular weight is 188 g/mol. The lowest BCUT2D eigenvalue weighted by molar-refractivity contribution is 0.163. The maximum Gasteiger partial charge on any atom is 0.255 e. The molecule has 1 heterocycles. The number of halogens is 2. The summed E-state index contributed by atoms with van der Waals surface area (Å²) in [6.45, 7) is -0.367. The topological polar surface area (TPSA) is 34.1 Å². The van der Waals surface area contributed by atoms with Crippen LogP contribution in [0.1, 0.15) is 0 Å². The van der Waals surface area contributed by atoms with Crippen LogP contribution in [0, 0.1) is 0 Å². The van der Waals surface area contributed by atoms with Crippen molar-refractivity contribution < 1.29 is 13.5 Å². The van der Waals surface area contributed by atoms with Crippen LogP contribution < -0.4 is 10.1 Å². The normalized spacial score (nSPS) is 10.2. The second kappa shape index (κ2) is 4.59.